The Morgan fingerprint density at radius 2 is 1.92 bits per heavy atom. The van der Waals surface area contributed by atoms with E-state index >= 15 is 0 Å². The predicted octanol–water partition coefficient (Wildman–Crippen LogP) is 4.40. The van der Waals surface area contributed by atoms with Crippen molar-refractivity contribution in [2.24, 2.45) is 0 Å². The summed E-state index contributed by atoms with van der Waals surface area (Å²) in [7, 11) is 0. The number of hydrogen-bond acceptors (Lipinski definition) is 5. The Morgan fingerprint density at radius 1 is 1.12 bits per heavy atom. The number of benzene rings is 1. The zero-order valence-corrected chi connectivity index (χ0v) is 14.5. The van der Waals surface area contributed by atoms with E-state index in [1.165, 1.54) is 36.5 Å². The standard InChI is InChI=1S/C18H19N3O3S/c22-20(15-6-2-1-3-7-15)13-14-12-16(21(23)24)9-10-17(14)25-18-8-4-5-11-19-18/h4-5,8-13,15H,1-3,6-7H2. The first-order chi connectivity index (χ1) is 12.1. The summed E-state index contributed by atoms with van der Waals surface area (Å²) in [4.78, 5) is 15.7. The van der Waals surface area contributed by atoms with Gasteiger partial charge in [0.25, 0.3) is 5.69 Å². The first kappa shape index (κ1) is 17.4. The largest absolute Gasteiger partial charge is 0.624 e. The van der Waals surface area contributed by atoms with Crippen LogP contribution in [0.25, 0.3) is 0 Å². The molecule has 1 saturated carbocycles. The highest BCUT2D eigenvalue weighted by atomic mass is 32.2. The van der Waals surface area contributed by atoms with Crippen molar-refractivity contribution in [1.82, 2.24) is 4.98 Å². The second-order valence-corrected chi connectivity index (χ2v) is 7.09. The number of nitro groups is 1. The molecule has 1 aliphatic carbocycles. The van der Waals surface area contributed by atoms with Crippen LogP contribution in [0, 0.1) is 15.3 Å². The van der Waals surface area contributed by atoms with Crippen LogP contribution in [0.2, 0.25) is 0 Å². The van der Waals surface area contributed by atoms with Crippen LogP contribution < -0.4 is 0 Å². The van der Waals surface area contributed by atoms with Crippen LogP contribution in [0.4, 0.5) is 5.69 Å². The van der Waals surface area contributed by atoms with Crippen LogP contribution in [0.15, 0.2) is 52.5 Å². The molecule has 0 spiro atoms. The fourth-order valence-electron chi connectivity index (χ4n) is 2.94. The number of nitro benzene ring substituents is 1. The van der Waals surface area contributed by atoms with Crippen LogP contribution in [-0.2, 0) is 0 Å². The lowest BCUT2D eigenvalue weighted by Crippen LogP contribution is -2.25. The van der Waals surface area contributed by atoms with Gasteiger partial charge in [0.15, 0.2) is 12.3 Å². The van der Waals surface area contributed by atoms with Gasteiger partial charge >= 0.3 is 0 Å². The summed E-state index contributed by atoms with van der Waals surface area (Å²) < 4.78 is 0.973. The Bertz CT molecular complexity index is 774. The fraction of sp³-hybridized carbons (Fsp3) is 0.333. The van der Waals surface area contributed by atoms with Gasteiger partial charge < -0.3 is 5.21 Å². The Labute approximate surface area is 150 Å². The van der Waals surface area contributed by atoms with Crippen molar-refractivity contribution in [2.75, 3.05) is 0 Å². The molecule has 1 heterocycles. The first-order valence-electron chi connectivity index (χ1n) is 8.31. The van der Waals surface area contributed by atoms with Crippen molar-refractivity contribution in [3.05, 3.63) is 63.5 Å². The van der Waals surface area contributed by atoms with Gasteiger partial charge in [0.05, 0.1) is 10.5 Å². The summed E-state index contributed by atoms with van der Waals surface area (Å²) in [6, 6.07) is 10.1. The third-order valence-corrected chi connectivity index (χ3v) is 5.30. The summed E-state index contributed by atoms with van der Waals surface area (Å²) in [6.07, 6.45) is 8.22. The topological polar surface area (TPSA) is 82.1 Å². The zero-order chi connectivity index (χ0) is 17.6. The molecule has 2 aromatic rings. The molecule has 1 aliphatic rings. The lowest BCUT2D eigenvalue weighted by atomic mass is 9.96. The number of non-ortho nitro benzene ring substituents is 1. The minimum absolute atomic E-state index is 0.0198. The molecular formula is C18H19N3O3S. The molecule has 0 N–H and O–H groups in total. The second kappa shape index (κ2) is 8.11. The maximum atomic E-state index is 12.5. The smallest absolute Gasteiger partial charge is 0.270 e. The number of hydroxylamine groups is 1. The number of aromatic nitrogens is 1. The SMILES string of the molecule is O=[N+]([O-])c1ccc(Sc2ccccn2)c(C=[N+]([O-])C2CCCCC2)c1. The third kappa shape index (κ3) is 4.57. The van der Waals surface area contributed by atoms with E-state index in [0.29, 0.717) is 5.56 Å². The van der Waals surface area contributed by atoms with Crippen molar-refractivity contribution < 1.29 is 9.66 Å². The summed E-state index contributed by atoms with van der Waals surface area (Å²) in [5.41, 5.74) is 0.541. The Kier molecular flexibility index (Phi) is 5.65. The lowest BCUT2D eigenvalue weighted by Gasteiger charge is -2.21. The molecule has 3 rings (SSSR count). The quantitative estimate of drug-likeness (QED) is 0.260. The van der Waals surface area contributed by atoms with Crippen molar-refractivity contribution >= 4 is 23.7 Å². The Balaban J connectivity index is 1.93. The van der Waals surface area contributed by atoms with Gasteiger partial charge in [-0.05, 0) is 31.0 Å². The van der Waals surface area contributed by atoms with Gasteiger partial charge in [-0.25, -0.2) is 9.72 Å². The summed E-state index contributed by atoms with van der Waals surface area (Å²) in [5, 5.41) is 24.4. The molecule has 1 aromatic carbocycles. The van der Waals surface area contributed by atoms with Gasteiger partial charge in [-0.2, -0.15) is 0 Å². The predicted molar refractivity (Wildman–Crippen MR) is 97.1 cm³/mol. The van der Waals surface area contributed by atoms with Crippen molar-refractivity contribution in [3.8, 4) is 0 Å². The number of rotatable bonds is 5. The molecule has 1 fully saturated rings. The van der Waals surface area contributed by atoms with Crippen LogP contribution in [-0.4, -0.2) is 26.9 Å². The van der Waals surface area contributed by atoms with Gasteiger partial charge in [0.2, 0.25) is 0 Å². The fourth-order valence-corrected chi connectivity index (χ4v) is 3.79. The average molecular weight is 357 g/mol. The molecular weight excluding hydrogens is 338 g/mol. The number of hydrogen-bond donors (Lipinski definition) is 0. The van der Waals surface area contributed by atoms with Crippen LogP contribution in [0.3, 0.4) is 0 Å². The van der Waals surface area contributed by atoms with E-state index in [0.717, 1.165) is 40.3 Å². The van der Waals surface area contributed by atoms with Gasteiger partial charge in [0.1, 0.15) is 5.03 Å². The number of pyridine rings is 1. The number of nitrogens with zero attached hydrogens (tertiary/aromatic N) is 3. The minimum Gasteiger partial charge on any atom is -0.624 e. The zero-order valence-electron chi connectivity index (χ0n) is 13.7. The maximum absolute atomic E-state index is 12.5. The van der Waals surface area contributed by atoms with E-state index in [1.807, 2.05) is 18.2 Å². The minimum atomic E-state index is -0.442. The third-order valence-electron chi connectivity index (χ3n) is 4.26. The summed E-state index contributed by atoms with van der Waals surface area (Å²) >= 11 is 1.39. The van der Waals surface area contributed by atoms with Crippen molar-refractivity contribution in [3.63, 3.8) is 0 Å². The first-order valence-corrected chi connectivity index (χ1v) is 9.13. The molecule has 0 unspecified atom stereocenters. The molecule has 0 atom stereocenters. The lowest BCUT2D eigenvalue weighted by molar-refractivity contribution is -0.500. The molecule has 7 heteroatoms. The van der Waals surface area contributed by atoms with Gasteiger partial charge in [-0.1, -0.05) is 24.2 Å². The highest BCUT2D eigenvalue weighted by Crippen LogP contribution is 2.31. The summed E-state index contributed by atoms with van der Waals surface area (Å²) in [6.45, 7) is 0. The monoisotopic (exact) mass is 357 g/mol. The van der Waals surface area contributed by atoms with Gasteiger partial charge in [-0.15, -0.1) is 0 Å². The van der Waals surface area contributed by atoms with Crippen LogP contribution in [0.1, 0.15) is 37.7 Å². The van der Waals surface area contributed by atoms with E-state index in [-0.39, 0.29) is 11.7 Å². The molecule has 0 bridgehead atoms. The molecule has 0 aliphatic heterocycles. The van der Waals surface area contributed by atoms with Crippen molar-refractivity contribution in [1.29, 1.82) is 0 Å². The van der Waals surface area contributed by atoms with E-state index in [9.17, 15) is 15.3 Å². The Morgan fingerprint density at radius 3 is 2.60 bits per heavy atom. The van der Waals surface area contributed by atoms with Crippen LogP contribution >= 0.6 is 11.8 Å². The summed E-state index contributed by atoms with van der Waals surface area (Å²) in [5.74, 6) is 0. The molecule has 0 amide bonds. The second-order valence-electron chi connectivity index (χ2n) is 6.03. The average Bonchev–Trinajstić information content (AvgIpc) is 2.64. The van der Waals surface area contributed by atoms with Gasteiger partial charge in [-0.3, -0.25) is 10.1 Å². The molecule has 0 saturated heterocycles. The molecule has 0 radical (unpaired) electrons. The molecule has 1 aromatic heterocycles. The van der Waals surface area contributed by atoms with E-state index < -0.39 is 4.92 Å². The van der Waals surface area contributed by atoms with Crippen LogP contribution in [0.5, 0.6) is 0 Å². The van der Waals surface area contributed by atoms with Gasteiger partial charge in [0, 0.05) is 36.1 Å². The highest BCUT2D eigenvalue weighted by molar-refractivity contribution is 7.99. The Hall–Kier alpha value is -2.41. The normalized spacial score (nSPS) is 15.9. The molecule has 130 valence electrons. The van der Waals surface area contributed by atoms with Crippen molar-refractivity contribution in [2.45, 2.75) is 48.1 Å². The maximum Gasteiger partial charge on any atom is 0.270 e. The van der Waals surface area contributed by atoms with E-state index in [2.05, 4.69) is 4.98 Å². The molecule has 6 nitrogen and oxygen atoms in total. The van der Waals surface area contributed by atoms with E-state index in [4.69, 9.17) is 0 Å². The van der Waals surface area contributed by atoms with E-state index in [1.54, 1.807) is 12.3 Å². The highest BCUT2D eigenvalue weighted by Gasteiger charge is 2.21. The molecule has 25 heavy (non-hydrogen) atoms.